The Hall–Kier alpha value is -3.47. The minimum Gasteiger partial charge on any atom is -0.341 e. The molecule has 5 heteroatoms. The predicted molar refractivity (Wildman–Crippen MR) is 114 cm³/mol. The van der Waals surface area contributed by atoms with Crippen LogP contribution in [0.25, 0.3) is 27.5 Å². The minimum atomic E-state index is -0.460. The van der Waals surface area contributed by atoms with Crippen LogP contribution in [-0.2, 0) is 19.6 Å². The number of hydrogen-bond acceptors (Lipinski definition) is 2. The van der Waals surface area contributed by atoms with Crippen LogP contribution in [0.5, 0.6) is 0 Å². The van der Waals surface area contributed by atoms with Gasteiger partial charge >= 0.3 is 0 Å². The first-order valence-corrected chi connectivity index (χ1v) is 9.83. The first kappa shape index (κ1) is 17.6. The van der Waals surface area contributed by atoms with Gasteiger partial charge in [0.05, 0.1) is 17.6 Å². The fourth-order valence-corrected chi connectivity index (χ4v) is 4.09. The summed E-state index contributed by atoms with van der Waals surface area (Å²) >= 11 is 0. The molecule has 4 nitrogen and oxygen atoms in total. The summed E-state index contributed by atoms with van der Waals surface area (Å²) in [5.74, 6) is 0. The van der Waals surface area contributed by atoms with E-state index in [-0.39, 0.29) is 0 Å². The van der Waals surface area contributed by atoms with E-state index in [1.807, 2.05) is 47.3 Å². The van der Waals surface area contributed by atoms with Crippen molar-refractivity contribution in [1.29, 1.82) is 0 Å². The van der Waals surface area contributed by atoms with E-state index in [4.69, 9.17) is 0 Å². The smallest absolute Gasteiger partial charge is 0.115 e. The van der Waals surface area contributed by atoms with Gasteiger partial charge in [0, 0.05) is 34.8 Å². The summed E-state index contributed by atoms with van der Waals surface area (Å²) in [7, 11) is 0. The normalized spacial score (nSPS) is 11.5. The standard InChI is InChI=1S/C24H21FN4/c1-2-28-23-10-8-18(15-25)13-21(23)22-14-19(9-11-24(22)28)29-20(16-26-27-29)12-17-6-4-3-5-7-17/h3-11,13-14,16H,2,12,15H2,1H3. The third-order valence-electron chi connectivity index (χ3n) is 5.48. The topological polar surface area (TPSA) is 35.6 Å². The van der Waals surface area contributed by atoms with Gasteiger partial charge in [-0.2, -0.15) is 0 Å². The molecular weight excluding hydrogens is 363 g/mol. The molecule has 0 N–H and O–H groups in total. The Morgan fingerprint density at radius 2 is 1.62 bits per heavy atom. The van der Waals surface area contributed by atoms with E-state index in [0.29, 0.717) is 5.56 Å². The average molecular weight is 384 g/mol. The highest BCUT2D eigenvalue weighted by molar-refractivity contribution is 6.09. The van der Waals surface area contributed by atoms with Crippen molar-refractivity contribution in [2.75, 3.05) is 0 Å². The van der Waals surface area contributed by atoms with Gasteiger partial charge in [-0.25, -0.2) is 9.07 Å². The summed E-state index contributed by atoms with van der Waals surface area (Å²) in [6.45, 7) is 2.53. The molecule has 5 rings (SSSR count). The number of fused-ring (bicyclic) bond motifs is 3. The third-order valence-corrected chi connectivity index (χ3v) is 5.48. The molecule has 0 aliphatic rings. The summed E-state index contributed by atoms with van der Waals surface area (Å²) in [5.41, 5.74) is 6.17. The summed E-state index contributed by atoms with van der Waals surface area (Å²) < 4.78 is 17.4. The molecule has 0 atom stereocenters. The Morgan fingerprint density at radius 3 is 2.38 bits per heavy atom. The molecule has 0 unspecified atom stereocenters. The molecule has 0 fully saturated rings. The Balaban J connectivity index is 1.66. The van der Waals surface area contributed by atoms with Crippen LogP contribution < -0.4 is 0 Å². The van der Waals surface area contributed by atoms with E-state index in [1.54, 1.807) is 0 Å². The summed E-state index contributed by atoms with van der Waals surface area (Å²) in [5, 5.41) is 10.7. The van der Waals surface area contributed by atoms with Crippen molar-refractivity contribution in [3.05, 3.63) is 89.7 Å². The van der Waals surface area contributed by atoms with Gasteiger partial charge in [0.2, 0.25) is 0 Å². The monoisotopic (exact) mass is 384 g/mol. The van der Waals surface area contributed by atoms with Crippen molar-refractivity contribution in [1.82, 2.24) is 19.6 Å². The maximum Gasteiger partial charge on any atom is 0.115 e. The lowest BCUT2D eigenvalue weighted by Gasteiger charge is -2.08. The zero-order valence-corrected chi connectivity index (χ0v) is 16.2. The highest BCUT2D eigenvalue weighted by Gasteiger charge is 2.13. The number of rotatable bonds is 5. The minimum absolute atomic E-state index is 0.460. The van der Waals surface area contributed by atoms with Crippen molar-refractivity contribution >= 4 is 21.8 Å². The quantitative estimate of drug-likeness (QED) is 0.404. The van der Waals surface area contributed by atoms with Crippen LogP contribution in [-0.4, -0.2) is 19.6 Å². The highest BCUT2D eigenvalue weighted by atomic mass is 19.1. The molecule has 0 aliphatic heterocycles. The van der Waals surface area contributed by atoms with Gasteiger partial charge < -0.3 is 4.57 Å². The molecule has 5 aromatic rings. The second-order valence-corrected chi connectivity index (χ2v) is 7.23. The summed E-state index contributed by atoms with van der Waals surface area (Å²) in [4.78, 5) is 0. The van der Waals surface area contributed by atoms with Gasteiger partial charge in [0.1, 0.15) is 6.67 Å². The molecule has 144 valence electrons. The Bertz CT molecular complexity index is 1300. The molecule has 0 saturated heterocycles. The molecule has 2 heterocycles. The van der Waals surface area contributed by atoms with Crippen LogP contribution in [0.4, 0.5) is 4.39 Å². The van der Waals surface area contributed by atoms with Gasteiger partial charge in [0.25, 0.3) is 0 Å². The SMILES string of the molecule is CCn1c2ccc(CF)cc2c2cc(-n3nncc3Cc3ccccc3)ccc21. The van der Waals surface area contributed by atoms with E-state index in [2.05, 4.69) is 52.1 Å². The molecule has 0 radical (unpaired) electrons. The van der Waals surface area contributed by atoms with Crippen LogP contribution in [0.15, 0.2) is 72.9 Å². The second-order valence-electron chi connectivity index (χ2n) is 7.23. The predicted octanol–water partition coefficient (Wildman–Crippen LogP) is 5.46. The Morgan fingerprint density at radius 1 is 0.862 bits per heavy atom. The molecule has 0 spiro atoms. The third kappa shape index (κ3) is 2.99. The van der Waals surface area contributed by atoms with E-state index >= 15 is 0 Å². The number of hydrogen-bond donors (Lipinski definition) is 0. The molecule has 3 aromatic carbocycles. The maximum absolute atomic E-state index is 13.3. The molecule has 29 heavy (non-hydrogen) atoms. The fourth-order valence-electron chi connectivity index (χ4n) is 4.09. The van der Waals surface area contributed by atoms with Gasteiger partial charge in [0.15, 0.2) is 0 Å². The van der Waals surface area contributed by atoms with E-state index in [1.165, 1.54) is 5.56 Å². The van der Waals surface area contributed by atoms with Crippen molar-refractivity contribution in [3.8, 4) is 5.69 Å². The number of nitrogens with zero attached hydrogens (tertiary/aromatic N) is 4. The van der Waals surface area contributed by atoms with Crippen molar-refractivity contribution in [3.63, 3.8) is 0 Å². The lowest BCUT2D eigenvalue weighted by atomic mass is 10.1. The number of alkyl halides is 1. The summed E-state index contributed by atoms with van der Waals surface area (Å²) in [6.07, 6.45) is 2.57. The molecule has 0 saturated carbocycles. The lowest BCUT2D eigenvalue weighted by Crippen LogP contribution is -2.03. The Labute approximate surface area is 168 Å². The number of aryl methyl sites for hydroxylation is 1. The molecule has 0 bridgehead atoms. The van der Waals surface area contributed by atoms with Crippen LogP contribution in [0.2, 0.25) is 0 Å². The number of benzene rings is 3. The number of aromatic nitrogens is 4. The van der Waals surface area contributed by atoms with Crippen LogP contribution >= 0.6 is 0 Å². The molecule has 0 amide bonds. The first-order valence-electron chi connectivity index (χ1n) is 9.83. The van der Waals surface area contributed by atoms with Crippen LogP contribution in [0.1, 0.15) is 23.7 Å². The zero-order valence-electron chi connectivity index (χ0n) is 16.2. The van der Waals surface area contributed by atoms with Gasteiger partial charge in [-0.15, -0.1) is 5.10 Å². The van der Waals surface area contributed by atoms with Crippen molar-refractivity contribution < 1.29 is 4.39 Å². The molecule has 0 aliphatic carbocycles. The first-order chi connectivity index (χ1) is 14.3. The van der Waals surface area contributed by atoms with E-state index in [9.17, 15) is 4.39 Å². The molecule has 2 aromatic heterocycles. The van der Waals surface area contributed by atoms with Crippen LogP contribution in [0.3, 0.4) is 0 Å². The van der Waals surface area contributed by atoms with E-state index < -0.39 is 6.67 Å². The summed E-state index contributed by atoms with van der Waals surface area (Å²) in [6, 6.07) is 22.5. The second kappa shape index (κ2) is 7.17. The maximum atomic E-state index is 13.3. The average Bonchev–Trinajstić information content (AvgIpc) is 3.35. The largest absolute Gasteiger partial charge is 0.341 e. The van der Waals surface area contributed by atoms with Gasteiger partial charge in [-0.3, -0.25) is 0 Å². The molecular formula is C24H21FN4. The van der Waals surface area contributed by atoms with Gasteiger partial charge in [-0.1, -0.05) is 41.6 Å². The van der Waals surface area contributed by atoms with E-state index in [0.717, 1.165) is 46.2 Å². The zero-order chi connectivity index (χ0) is 19.8. The number of halogens is 1. The fraction of sp³-hybridized carbons (Fsp3) is 0.167. The van der Waals surface area contributed by atoms with Crippen molar-refractivity contribution in [2.45, 2.75) is 26.6 Å². The van der Waals surface area contributed by atoms with Crippen molar-refractivity contribution in [2.24, 2.45) is 0 Å². The van der Waals surface area contributed by atoms with Gasteiger partial charge in [-0.05, 0) is 48.4 Å². The lowest BCUT2D eigenvalue weighted by molar-refractivity contribution is 0.485. The van der Waals surface area contributed by atoms with Crippen LogP contribution in [0, 0.1) is 0 Å². The Kier molecular flexibility index (Phi) is 4.35. The highest BCUT2D eigenvalue weighted by Crippen LogP contribution is 2.32.